The Labute approximate surface area is 94.3 Å². The lowest BCUT2D eigenvalue weighted by molar-refractivity contribution is -0.137. The molecule has 6 heteroatoms. The first kappa shape index (κ1) is 12.8. The van der Waals surface area contributed by atoms with Crippen LogP contribution in [0.25, 0.3) is 0 Å². The lowest BCUT2D eigenvalue weighted by atomic mass is 10.1. The monoisotopic (exact) mass is 230 g/mol. The van der Waals surface area contributed by atoms with E-state index in [0.717, 1.165) is 12.8 Å². The predicted molar refractivity (Wildman–Crippen MR) is 57.2 cm³/mol. The van der Waals surface area contributed by atoms with E-state index in [1.807, 2.05) is 0 Å². The number of hydrogen-bond acceptors (Lipinski definition) is 3. The molecule has 1 unspecified atom stereocenters. The maximum atomic E-state index is 11.4. The lowest BCUT2D eigenvalue weighted by Crippen LogP contribution is -2.44. The highest BCUT2D eigenvalue weighted by molar-refractivity contribution is 5.75. The van der Waals surface area contributed by atoms with Crippen LogP contribution in [0.4, 0.5) is 4.79 Å². The Balaban J connectivity index is 2.24. The molecule has 1 atom stereocenters. The molecule has 0 aromatic rings. The molecule has 6 nitrogen and oxygen atoms in total. The minimum Gasteiger partial charge on any atom is -0.481 e. The number of carboxylic acids is 1. The van der Waals surface area contributed by atoms with Crippen LogP contribution in [0, 0.1) is 5.92 Å². The fourth-order valence-corrected chi connectivity index (χ4v) is 1.51. The van der Waals surface area contributed by atoms with E-state index < -0.39 is 5.97 Å². The fraction of sp³-hybridized carbons (Fsp3) is 0.800. The summed E-state index contributed by atoms with van der Waals surface area (Å²) in [6, 6.07) is -0.574. The van der Waals surface area contributed by atoms with Gasteiger partial charge in [-0.15, -0.1) is 0 Å². The second-order valence-electron chi connectivity index (χ2n) is 3.93. The molecule has 16 heavy (non-hydrogen) atoms. The van der Waals surface area contributed by atoms with Gasteiger partial charge < -0.3 is 20.5 Å². The molecular weight excluding hydrogens is 212 g/mol. The maximum Gasteiger partial charge on any atom is 0.315 e. The van der Waals surface area contributed by atoms with Crippen LogP contribution in [-0.2, 0) is 9.53 Å². The van der Waals surface area contributed by atoms with Gasteiger partial charge in [0, 0.05) is 19.7 Å². The average molecular weight is 230 g/mol. The van der Waals surface area contributed by atoms with Gasteiger partial charge in [0.2, 0.25) is 0 Å². The number of aliphatic carboxylic acids is 1. The molecule has 0 spiro atoms. The molecule has 0 aromatic heterocycles. The van der Waals surface area contributed by atoms with Gasteiger partial charge in [0.15, 0.2) is 0 Å². The van der Waals surface area contributed by atoms with Crippen molar-refractivity contribution < 1.29 is 19.4 Å². The molecule has 0 bridgehead atoms. The Bertz CT molecular complexity index is 253. The van der Waals surface area contributed by atoms with Crippen LogP contribution in [0.5, 0.6) is 0 Å². The number of carbonyl (C=O) groups excluding carboxylic acids is 1. The molecule has 2 amide bonds. The van der Waals surface area contributed by atoms with Gasteiger partial charge in [-0.05, 0) is 18.8 Å². The molecule has 92 valence electrons. The van der Waals surface area contributed by atoms with Crippen molar-refractivity contribution in [2.75, 3.05) is 20.3 Å². The zero-order chi connectivity index (χ0) is 12.0. The van der Waals surface area contributed by atoms with Gasteiger partial charge in [-0.1, -0.05) is 0 Å². The smallest absolute Gasteiger partial charge is 0.315 e. The van der Waals surface area contributed by atoms with Crippen LogP contribution in [0.3, 0.4) is 0 Å². The summed E-state index contributed by atoms with van der Waals surface area (Å²) < 4.78 is 4.78. The highest BCUT2D eigenvalue weighted by Crippen LogP contribution is 2.33. The van der Waals surface area contributed by atoms with Gasteiger partial charge in [-0.3, -0.25) is 4.79 Å². The van der Waals surface area contributed by atoms with Gasteiger partial charge in [-0.2, -0.15) is 0 Å². The number of hydrogen-bond donors (Lipinski definition) is 3. The van der Waals surface area contributed by atoms with E-state index in [9.17, 15) is 9.59 Å². The number of rotatable bonds is 7. The van der Waals surface area contributed by atoms with Crippen molar-refractivity contribution in [3.63, 3.8) is 0 Å². The molecule has 0 aliphatic heterocycles. The summed E-state index contributed by atoms with van der Waals surface area (Å²) in [6.45, 7) is 0.868. The number of methoxy groups -OCH3 is 1. The molecule has 1 fully saturated rings. The summed E-state index contributed by atoms with van der Waals surface area (Å²) >= 11 is 0. The van der Waals surface area contributed by atoms with Gasteiger partial charge in [-0.25, -0.2) is 4.79 Å². The summed E-state index contributed by atoms with van der Waals surface area (Å²) in [4.78, 5) is 22.0. The van der Waals surface area contributed by atoms with Crippen LogP contribution in [0.2, 0.25) is 0 Å². The Morgan fingerprint density at radius 1 is 1.50 bits per heavy atom. The van der Waals surface area contributed by atoms with Crippen molar-refractivity contribution in [2.24, 2.45) is 5.92 Å². The molecular formula is C10H18N2O4. The molecule has 0 aromatic carbocycles. The van der Waals surface area contributed by atoms with E-state index in [2.05, 4.69) is 10.6 Å². The summed E-state index contributed by atoms with van der Waals surface area (Å²) in [6.07, 6.45) is 1.98. The molecule has 1 aliphatic rings. The van der Waals surface area contributed by atoms with Crippen molar-refractivity contribution in [3.05, 3.63) is 0 Å². The van der Waals surface area contributed by atoms with Crippen LogP contribution in [0.1, 0.15) is 19.3 Å². The molecule has 0 saturated heterocycles. The quantitative estimate of drug-likeness (QED) is 0.545. The number of carboxylic acid groups (broad SMARTS) is 1. The minimum absolute atomic E-state index is 0.0115. The minimum atomic E-state index is -0.880. The van der Waals surface area contributed by atoms with E-state index in [1.54, 1.807) is 7.11 Å². The average Bonchev–Trinajstić information content (AvgIpc) is 2.99. The molecule has 0 heterocycles. The second-order valence-corrected chi connectivity index (χ2v) is 3.93. The van der Waals surface area contributed by atoms with Crippen molar-refractivity contribution in [2.45, 2.75) is 25.3 Å². The highest BCUT2D eigenvalue weighted by atomic mass is 16.5. The van der Waals surface area contributed by atoms with Crippen LogP contribution in [-0.4, -0.2) is 43.4 Å². The molecule has 1 aliphatic carbocycles. The van der Waals surface area contributed by atoms with Crippen molar-refractivity contribution in [1.82, 2.24) is 10.6 Å². The summed E-state index contributed by atoms with van der Waals surface area (Å²) in [5.74, 6) is -0.557. The third kappa shape index (κ3) is 4.97. The van der Waals surface area contributed by atoms with Gasteiger partial charge in [0.25, 0.3) is 0 Å². The highest BCUT2D eigenvalue weighted by Gasteiger charge is 2.33. The van der Waals surface area contributed by atoms with Crippen LogP contribution < -0.4 is 10.6 Å². The third-order valence-electron chi connectivity index (χ3n) is 2.49. The third-order valence-corrected chi connectivity index (χ3v) is 2.49. The topological polar surface area (TPSA) is 87.7 Å². The number of amides is 2. The van der Waals surface area contributed by atoms with Crippen LogP contribution >= 0.6 is 0 Å². The summed E-state index contributed by atoms with van der Waals surface area (Å²) in [5, 5.41) is 14.0. The standard InChI is InChI=1S/C10H18N2O4/c1-16-5-4-11-10(15)12-8(6-9(13)14)7-2-3-7/h7-8H,2-6H2,1H3,(H,13,14)(H2,11,12,15). The Kier molecular flexibility index (Phi) is 5.04. The first-order chi connectivity index (χ1) is 7.63. The van der Waals surface area contributed by atoms with Gasteiger partial charge >= 0.3 is 12.0 Å². The van der Waals surface area contributed by atoms with Crippen molar-refractivity contribution >= 4 is 12.0 Å². The maximum absolute atomic E-state index is 11.4. The Morgan fingerprint density at radius 2 is 2.19 bits per heavy atom. The van der Waals surface area contributed by atoms with Gasteiger partial charge in [0.1, 0.15) is 0 Å². The normalized spacial score (nSPS) is 16.6. The SMILES string of the molecule is COCCNC(=O)NC(CC(=O)O)C1CC1. The first-order valence-corrected chi connectivity index (χ1v) is 5.38. The zero-order valence-electron chi connectivity index (χ0n) is 9.36. The number of urea groups is 1. The molecule has 3 N–H and O–H groups in total. The van der Waals surface area contributed by atoms with Crippen LogP contribution in [0.15, 0.2) is 0 Å². The molecule has 1 saturated carbocycles. The predicted octanol–water partition coefficient (Wildman–Crippen LogP) is 0.185. The summed E-state index contributed by atoms with van der Waals surface area (Å²) in [5.41, 5.74) is 0. The fourth-order valence-electron chi connectivity index (χ4n) is 1.51. The molecule has 0 radical (unpaired) electrons. The Morgan fingerprint density at radius 3 is 2.69 bits per heavy atom. The van der Waals surface area contributed by atoms with E-state index in [1.165, 1.54) is 0 Å². The van der Waals surface area contributed by atoms with E-state index in [4.69, 9.17) is 9.84 Å². The lowest BCUT2D eigenvalue weighted by Gasteiger charge is -2.16. The summed E-state index contributed by atoms with van der Waals surface area (Å²) in [7, 11) is 1.55. The number of ether oxygens (including phenoxy) is 1. The number of carbonyl (C=O) groups is 2. The van der Waals surface area contributed by atoms with E-state index in [0.29, 0.717) is 19.1 Å². The van der Waals surface area contributed by atoms with Crippen molar-refractivity contribution in [3.8, 4) is 0 Å². The van der Waals surface area contributed by atoms with E-state index in [-0.39, 0.29) is 18.5 Å². The number of nitrogens with one attached hydrogen (secondary N) is 2. The molecule has 1 rings (SSSR count). The second kappa shape index (κ2) is 6.32. The van der Waals surface area contributed by atoms with E-state index >= 15 is 0 Å². The first-order valence-electron chi connectivity index (χ1n) is 5.38. The van der Waals surface area contributed by atoms with Gasteiger partial charge in [0.05, 0.1) is 13.0 Å². The Hall–Kier alpha value is -1.30. The largest absolute Gasteiger partial charge is 0.481 e. The van der Waals surface area contributed by atoms with Crippen molar-refractivity contribution in [1.29, 1.82) is 0 Å². The zero-order valence-corrected chi connectivity index (χ0v) is 9.36.